The highest BCUT2D eigenvalue weighted by atomic mass is 35.5. The molecule has 0 aliphatic carbocycles. The number of benzene rings is 1. The van der Waals surface area contributed by atoms with Crippen molar-refractivity contribution in [2.45, 2.75) is 45.9 Å². The lowest BCUT2D eigenvalue weighted by molar-refractivity contribution is 0.245. The highest BCUT2D eigenvalue weighted by Crippen LogP contribution is 2.43. The Bertz CT molecular complexity index is 494. The molecule has 0 saturated heterocycles. The number of fused-ring (bicyclic) bond motifs is 1. The molecule has 0 saturated carbocycles. The topological polar surface area (TPSA) is 18.5 Å². The minimum Gasteiger partial charge on any atom is -0.490 e. The van der Waals surface area contributed by atoms with E-state index in [1.165, 1.54) is 0 Å². The average molecular weight is 331 g/mol. The molecule has 0 fully saturated rings. The molecule has 2 rings (SSSR count). The summed E-state index contributed by atoms with van der Waals surface area (Å²) >= 11 is 13.0. The van der Waals surface area contributed by atoms with Gasteiger partial charge in [-0.25, -0.2) is 0 Å². The molecular formula is C17H24Cl2O2. The maximum atomic E-state index is 6.61. The van der Waals surface area contributed by atoms with Crippen molar-refractivity contribution in [3.8, 4) is 11.5 Å². The molecule has 1 aliphatic heterocycles. The van der Waals surface area contributed by atoms with Gasteiger partial charge in [0.25, 0.3) is 0 Å². The monoisotopic (exact) mass is 330 g/mol. The third-order valence-electron chi connectivity index (χ3n) is 4.24. The Balaban J connectivity index is 2.21. The molecule has 0 bridgehead atoms. The van der Waals surface area contributed by atoms with Crippen molar-refractivity contribution in [1.82, 2.24) is 0 Å². The van der Waals surface area contributed by atoms with Gasteiger partial charge < -0.3 is 9.47 Å². The molecule has 2 atom stereocenters. The van der Waals surface area contributed by atoms with Gasteiger partial charge in [0.05, 0.1) is 18.6 Å². The molecule has 1 heterocycles. The summed E-state index contributed by atoms with van der Waals surface area (Å²) in [6.45, 7) is 10.3. The molecule has 21 heavy (non-hydrogen) atoms. The third kappa shape index (κ3) is 4.20. The van der Waals surface area contributed by atoms with Crippen LogP contribution in [0.15, 0.2) is 12.1 Å². The molecule has 0 spiro atoms. The second kappa shape index (κ2) is 6.66. The summed E-state index contributed by atoms with van der Waals surface area (Å²) in [4.78, 5) is 0. The zero-order chi connectivity index (χ0) is 15.6. The summed E-state index contributed by atoms with van der Waals surface area (Å²) in [7, 11) is 0. The van der Waals surface area contributed by atoms with E-state index in [1.807, 2.05) is 12.1 Å². The summed E-state index contributed by atoms with van der Waals surface area (Å²) in [5.74, 6) is 1.96. The van der Waals surface area contributed by atoms with Crippen molar-refractivity contribution in [3.05, 3.63) is 22.7 Å². The van der Waals surface area contributed by atoms with Crippen LogP contribution in [-0.2, 0) is 0 Å². The average Bonchev–Trinajstić information content (AvgIpc) is 2.61. The summed E-state index contributed by atoms with van der Waals surface area (Å²) in [6.07, 6.45) is 1.76. The molecule has 1 aromatic rings. The Morgan fingerprint density at radius 3 is 2.29 bits per heavy atom. The van der Waals surface area contributed by atoms with E-state index >= 15 is 0 Å². The van der Waals surface area contributed by atoms with Crippen LogP contribution in [0.3, 0.4) is 0 Å². The SMILES string of the molecule is CC(CC(Cl)c1cc2c(cc1Cl)OCCCO2)C(C)(C)C. The van der Waals surface area contributed by atoms with E-state index in [1.54, 1.807) is 0 Å². The Labute approximate surface area is 137 Å². The second-order valence-corrected chi connectivity index (χ2v) is 7.78. The van der Waals surface area contributed by atoms with E-state index in [0.717, 1.165) is 24.2 Å². The number of hydrogen-bond acceptors (Lipinski definition) is 2. The normalized spacial score (nSPS) is 18.0. The predicted molar refractivity (Wildman–Crippen MR) is 88.9 cm³/mol. The van der Waals surface area contributed by atoms with Crippen molar-refractivity contribution >= 4 is 23.2 Å². The van der Waals surface area contributed by atoms with Gasteiger partial charge in [-0.15, -0.1) is 11.6 Å². The first-order valence-electron chi connectivity index (χ1n) is 7.52. The number of hydrogen-bond donors (Lipinski definition) is 0. The second-order valence-electron chi connectivity index (χ2n) is 6.84. The zero-order valence-corrected chi connectivity index (χ0v) is 14.7. The molecule has 1 aromatic carbocycles. The first-order valence-corrected chi connectivity index (χ1v) is 8.33. The predicted octanol–water partition coefficient (Wildman–Crippen LogP) is 5.85. The van der Waals surface area contributed by atoms with E-state index < -0.39 is 0 Å². The lowest BCUT2D eigenvalue weighted by Crippen LogP contribution is -2.18. The first-order chi connectivity index (χ1) is 9.79. The summed E-state index contributed by atoms with van der Waals surface area (Å²) < 4.78 is 11.4. The maximum Gasteiger partial charge on any atom is 0.162 e. The fourth-order valence-corrected chi connectivity index (χ4v) is 3.02. The maximum absolute atomic E-state index is 6.61. The van der Waals surface area contributed by atoms with Crippen LogP contribution in [-0.4, -0.2) is 13.2 Å². The van der Waals surface area contributed by atoms with Crippen LogP contribution in [0.4, 0.5) is 0 Å². The van der Waals surface area contributed by atoms with Gasteiger partial charge in [-0.2, -0.15) is 0 Å². The van der Waals surface area contributed by atoms with E-state index in [2.05, 4.69) is 27.7 Å². The fraction of sp³-hybridized carbons (Fsp3) is 0.647. The molecule has 2 nitrogen and oxygen atoms in total. The zero-order valence-electron chi connectivity index (χ0n) is 13.2. The van der Waals surface area contributed by atoms with Gasteiger partial charge in [0.2, 0.25) is 0 Å². The summed E-state index contributed by atoms with van der Waals surface area (Å²) in [6, 6.07) is 3.77. The van der Waals surface area contributed by atoms with Crippen LogP contribution in [0.2, 0.25) is 5.02 Å². The van der Waals surface area contributed by atoms with Crippen molar-refractivity contribution < 1.29 is 9.47 Å². The van der Waals surface area contributed by atoms with Crippen molar-refractivity contribution in [2.24, 2.45) is 11.3 Å². The van der Waals surface area contributed by atoms with Gasteiger partial charge in [-0.3, -0.25) is 0 Å². The van der Waals surface area contributed by atoms with Crippen LogP contribution in [0.1, 0.15) is 51.5 Å². The number of alkyl halides is 1. The van der Waals surface area contributed by atoms with Gasteiger partial charge in [0.1, 0.15) is 0 Å². The summed E-state index contributed by atoms with van der Waals surface area (Å²) in [5, 5.41) is 0.532. The van der Waals surface area contributed by atoms with E-state index in [4.69, 9.17) is 32.7 Å². The highest BCUT2D eigenvalue weighted by Gasteiger charge is 2.25. The van der Waals surface area contributed by atoms with Gasteiger partial charge in [-0.1, -0.05) is 39.3 Å². The van der Waals surface area contributed by atoms with Crippen LogP contribution < -0.4 is 9.47 Å². The highest BCUT2D eigenvalue weighted by molar-refractivity contribution is 6.33. The first kappa shape index (κ1) is 16.8. The number of halogens is 2. The van der Waals surface area contributed by atoms with Crippen LogP contribution >= 0.6 is 23.2 Å². The molecule has 2 unspecified atom stereocenters. The summed E-state index contributed by atoms with van der Waals surface area (Å²) in [5.41, 5.74) is 1.16. The molecule has 4 heteroatoms. The van der Waals surface area contributed by atoms with Gasteiger partial charge in [0.15, 0.2) is 11.5 Å². The van der Waals surface area contributed by atoms with E-state index in [0.29, 0.717) is 29.9 Å². The molecule has 0 N–H and O–H groups in total. The molecule has 0 radical (unpaired) electrons. The Hall–Kier alpha value is -0.600. The molecule has 0 amide bonds. The van der Waals surface area contributed by atoms with Crippen molar-refractivity contribution in [1.29, 1.82) is 0 Å². The third-order valence-corrected chi connectivity index (χ3v) is 4.98. The van der Waals surface area contributed by atoms with Crippen LogP contribution in [0, 0.1) is 11.3 Å². The van der Waals surface area contributed by atoms with Crippen LogP contribution in [0.5, 0.6) is 11.5 Å². The van der Waals surface area contributed by atoms with Crippen molar-refractivity contribution in [2.75, 3.05) is 13.2 Å². The fourth-order valence-electron chi connectivity index (χ4n) is 2.23. The van der Waals surface area contributed by atoms with Crippen molar-refractivity contribution in [3.63, 3.8) is 0 Å². The molecule has 118 valence electrons. The Morgan fingerprint density at radius 2 is 1.71 bits per heavy atom. The number of rotatable bonds is 3. The molecular weight excluding hydrogens is 307 g/mol. The number of ether oxygens (including phenoxy) is 2. The smallest absolute Gasteiger partial charge is 0.162 e. The van der Waals surface area contributed by atoms with E-state index in [-0.39, 0.29) is 10.8 Å². The minimum atomic E-state index is -0.121. The largest absolute Gasteiger partial charge is 0.490 e. The Morgan fingerprint density at radius 1 is 1.14 bits per heavy atom. The molecule has 0 aromatic heterocycles. The Kier molecular flexibility index (Phi) is 5.32. The van der Waals surface area contributed by atoms with Gasteiger partial charge >= 0.3 is 0 Å². The lowest BCUT2D eigenvalue weighted by Gasteiger charge is -2.29. The molecule has 1 aliphatic rings. The minimum absolute atomic E-state index is 0.121. The van der Waals surface area contributed by atoms with E-state index in [9.17, 15) is 0 Å². The van der Waals surface area contributed by atoms with Gasteiger partial charge in [0, 0.05) is 17.5 Å². The van der Waals surface area contributed by atoms with Crippen LogP contribution in [0.25, 0.3) is 0 Å². The lowest BCUT2D eigenvalue weighted by atomic mass is 9.79. The standard InChI is InChI=1S/C17H24Cl2O2/c1-11(17(2,3)4)8-13(18)12-9-15-16(10-14(12)19)21-7-5-6-20-15/h9-11,13H,5-8H2,1-4H3. The quantitative estimate of drug-likeness (QED) is 0.647. The van der Waals surface area contributed by atoms with Gasteiger partial charge in [-0.05, 0) is 29.4 Å².